The predicted molar refractivity (Wildman–Crippen MR) is 95.5 cm³/mol. The van der Waals surface area contributed by atoms with Crippen molar-refractivity contribution < 1.29 is 19.1 Å². The zero-order chi connectivity index (χ0) is 18.4. The Labute approximate surface area is 149 Å². The van der Waals surface area contributed by atoms with Gasteiger partial charge in [0.05, 0.1) is 13.2 Å². The Balaban J connectivity index is 1.81. The average molecular weight is 348 g/mol. The molecule has 1 atom stereocenters. The van der Waals surface area contributed by atoms with Crippen LogP contribution < -0.4 is 15.4 Å². The van der Waals surface area contributed by atoms with Gasteiger partial charge in [-0.1, -0.05) is 12.1 Å². The van der Waals surface area contributed by atoms with E-state index in [-0.39, 0.29) is 24.9 Å². The Bertz CT molecular complexity index is 588. The topological polar surface area (TPSA) is 76.7 Å². The van der Waals surface area contributed by atoms with E-state index >= 15 is 0 Å². The Morgan fingerprint density at radius 1 is 1.20 bits per heavy atom. The van der Waals surface area contributed by atoms with Crippen molar-refractivity contribution in [2.45, 2.75) is 51.7 Å². The molecule has 1 unspecified atom stereocenters. The highest BCUT2D eigenvalue weighted by molar-refractivity contribution is 5.77. The van der Waals surface area contributed by atoms with Crippen molar-refractivity contribution in [3.05, 3.63) is 29.8 Å². The lowest BCUT2D eigenvalue weighted by molar-refractivity contribution is -0.121. The smallest absolute Gasteiger partial charge is 0.407 e. The Kier molecular flexibility index (Phi) is 6.28. The summed E-state index contributed by atoms with van der Waals surface area (Å²) in [5.41, 5.74) is 0.536. The Hall–Kier alpha value is -2.24. The van der Waals surface area contributed by atoms with Crippen LogP contribution in [0.25, 0.3) is 0 Å². The zero-order valence-electron chi connectivity index (χ0n) is 15.4. The maximum atomic E-state index is 12.2. The number of ether oxygens (including phenoxy) is 2. The minimum atomic E-state index is -0.544. The van der Waals surface area contributed by atoms with Crippen LogP contribution in [0.15, 0.2) is 24.3 Å². The second-order valence-electron chi connectivity index (χ2n) is 7.33. The lowest BCUT2D eigenvalue weighted by Gasteiger charge is -2.20. The van der Waals surface area contributed by atoms with Gasteiger partial charge in [-0.15, -0.1) is 0 Å². The molecule has 0 bridgehead atoms. The van der Waals surface area contributed by atoms with Crippen molar-refractivity contribution in [3.63, 3.8) is 0 Å². The van der Waals surface area contributed by atoms with E-state index < -0.39 is 11.7 Å². The number of amides is 2. The molecule has 6 heteroatoms. The van der Waals surface area contributed by atoms with Crippen LogP contribution in [0.1, 0.15) is 51.6 Å². The number of hydrogen-bond acceptors (Lipinski definition) is 4. The third-order valence-electron chi connectivity index (χ3n) is 3.91. The number of carbonyl (C=O) groups excluding carboxylic acids is 2. The summed E-state index contributed by atoms with van der Waals surface area (Å²) in [5, 5.41) is 5.69. The van der Waals surface area contributed by atoms with Gasteiger partial charge < -0.3 is 20.1 Å². The molecule has 2 rings (SSSR count). The molecule has 1 aliphatic rings. The lowest BCUT2D eigenvalue weighted by Crippen LogP contribution is -2.36. The summed E-state index contributed by atoms with van der Waals surface area (Å²) in [6.45, 7) is 5.65. The standard InChI is InChI=1S/C19H28N2O4/c1-19(2,3)25-18(23)20-12-11-16(22)21-17(13-5-6-13)14-7-9-15(24-4)10-8-14/h7-10,13,17H,5-6,11-12H2,1-4H3,(H,20,23)(H,21,22). The van der Waals surface area contributed by atoms with Crippen molar-refractivity contribution in [1.82, 2.24) is 10.6 Å². The average Bonchev–Trinajstić information content (AvgIpc) is 3.36. The number of carbonyl (C=O) groups is 2. The molecule has 1 fully saturated rings. The predicted octanol–water partition coefficient (Wildman–Crippen LogP) is 3.18. The highest BCUT2D eigenvalue weighted by Gasteiger charge is 2.33. The highest BCUT2D eigenvalue weighted by Crippen LogP contribution is 2.41. The fraction of sp³-hybridized carbons (Fsp3) is 0.579. The van der Waals surface area contributed by atoms with Crippen LogP contribution in [-0.2, 0) is 9.53 Å². The molecule has 2 amide bonds. The minimum absolute atomic E-state index is 0.0138. The fourth-order valence-corrected chi connectivity index (χ4v) is 2.55. The number of rotatable bonds is 7. The van der Waals surface area contributed by atoms with E-state index in [0.717, 1.165) is 24.2 Å². The molecule has 0 aliphatic heterocycles. The molecule has 2 N–H and O–H groups in total. The Morgan fingerprint density at radius 2 is 1.84 bits per heavy atom. The van der Waals surface area contributed by atoms with Crippen LogP contribution in [0.4, 0.5) is 4.79 Å². The van der Waals surface area contributed by atoms with E-state index in [1.54, 1.807) is 27.9 Å². The summed E-state index contributed by atoms with van der Waals surface area (Å²) in [4.78, 5) is 23.8. The first-order chi connectivity index (χ1) is 11.8. The second kappa shape index (κ2) is 8.23. The summed E-state index contributed by atoms with van der Waals surface area (Å²) in [6.07, 6.45) is 1.95. The van der Waals surface area contributed by atoms with Crippen LogP contribution in [0.3, 0.4) is 0 Å². The molecule has 0 aromatic heterocycles. The van der Waals surface area contributed by atoms with Gasteiger partial charge in [0.25, 0.3) is 0 Å². The van der Waals surface area contributed by atoms with Crippen molar-refractivity contribution >= 4 is 12.0 Å². The van der Waals surface area contributed by atoms with Gasteiger partial charge in [-0.3, -0.25) is 4.79 Å². The fourth-order valence-electron chi connectivity index (χ4n) is 2.55. The molecule has 1 saturated carbocycles. The van der Waals surface area contributed by atoms with Crippen molar-refractivity contribution in [3.8, 4) is 5.75 Å². The summed E-state index contributed by atoms with van der Waals surface area (Å²) in [6, 6.07) is 7.80. The van der Waals surface area contributed by atoms with E-state index in [1.807, 2.05) is 24.3 Å². The lowest BCUT2D eigenvalue weighted by atomic mass is 10.0. The third kappa shape index (κ3) is 6.64. The quantitative estimate of drug-likeness (QED) is 0.793. The maximum Gasteiger partial charge on any atom is 0.407 e. The van der Waals surface area contributed by atoms with E-state index in [0.29, 0.717) is 5.92 Å². The number of methoxy groups -OCH3 is 1. The first-order valence-electron chi connectivity index (χ1n) is 8.68. The molecule has 1 aliphatic carbocycles. The van der Waals surface area contributed by atoms with Crippen LogP contribution in [0.2, 0.25) is 0 Å². The van der Waals surface area contributed by atoms with Crippen molar-refractivity contribution in [2.75, 3.05) is 13.7 Å². The van der Waals surface area contributed by atoms with Gasteiger partial charge >= 0.3 is 6.09 Å². The molecule has 0 radical (unpaired) electrons. The normalized spacial score (nSPS) is 15.2. The van der Waals surface area contributed by atoms with E-state index in [4.69, 9.17) is 9.47 Å². The molecule has 6 nitrogen and oxygen atoms in total. The molecular weight excluding hydrogens is 320 g/mol. The number of benzene rings is 1. The summed E-state index contributed by atoms with van der Waals surface area (Å²) in [7, 11) is 1.63. The van der Waals surface area contributed by atoms with Crippen LogP contribution in [-0.4, -0.2) is 31.3 Å². The van der Waals surface area contributed by atoms with Crippen molar-refractivity contribution in [1.29, 1.82) is 0 Å². The molecule has 1 aromatic carbocycles. The van der Waals surface area contributed by atoms with Crippen molar-refractivity contribution in [2.24, 2.45) is 5.92 Å². The van der Waals surface area contributed by atoms with E-state index in [9.17, 15) is 9.59 Å². The number of hydrogen-bond donors (Lipinski definition) is 2. The largest absolute Gasteiger partial charge is 0.497 e. The van der Waals surface area contributed by atoms with Gasteiger partial charge in [-0.05, 0) is 57.2 Å². The molecule has 25 heavy (non-hydrogen) atoms. The van der Waals surface area contributed by atoms with Crippen LogP contribution >= 0.6 is 0 Å². The van der Waals surface area contributed by atoms with E-state index in [2.05, 4.69) is 10.6 Å². The Morgan fingerprint density at radius 3 is 2.36 bits per heavy atom. The minimum Gasteiger partial charge on any atom is -0.497 e. The number of nitrogens with one attached hydrogen (secondary N) is 2. The van der Waals surface area contributed by atoms with Gasteiger partial charge in [0.15, 0.2) is 0 Å². The molecule has 0 saturated heterocycles. The first-order valence-corrected chi connectivity index (χ1v) is 8.68. The molecule has 1 aromatic rings. The SMILES string of the molecule is COc1ccc(C(NC(=O)CCNC(=O)OC(C)(C)C)C2CC2)cc1. The zero-order valence-corrected chi connectivity index (χ0v) is 15.4. The summed E-state index contributed by atoms with van der Waals surface area (Å²) in [5.74, 6) is 1.20. The third-order valence-corrected chi connectivity index (χ3v) is 3.91. The van der Waals surface area contributed by atoms with Gasteiger partial charge in [0.2, 0.25) is 5.91 Å². The monoisotopic (exact) mass is 348 g/mol. The molecule has 138 valence electrons. The molecular formula is C19H28N2O4. The van der Waals surface area contributed by atoms with Gasteiger partial charge in [-0.25, -0.2) is 4.79 Å². The van der Waals surface area contributed by atoms with E-state index in [1.165, 1.54) is 0 Å². The maximum absolute atomic E-state index is 12.2. The van der Waals surface area contributed by atoms with Crippen LogP contribution in [0.5, 0.6) is 5.75 Å². The summed E-state index contributed by atoms with van der Waals surface area (Å²) < 4.78 is 10.3. The first kappa shape index (κ1) is 19.1. The molecule has 0 spiro atoms. The molecule has 0 heterocycles. The summed E-state index contributed by atoms with van der Waals surface area (Å²) >= 11 is 0. The van der Waals surface area contributed by atoms with Gasteiger partial charge in [-0.2, -0.15) is 0 Å². The van der Waals surface area contributed by atoms with Crippen LogP contribution in [0, 0.1) is 5.92 Å². The van der Waals surface area contributed by atoms with Gasteiger partial charge in [0, 0.05) is 13.0 Å². The van der Waals surface area contributed by atoms with Gasteiger partial charge in [0.1, 0.15) is 11.4 Å². The highest BCUT2D eigenvalue weighted by atomic mass is 16.6. The second-order valence-corrected chi connectivity index (χ2v) is 7.33. The number of alkyl carbamates (subject to hydrolysis) is 1.